The second kappa shape index (κ2) is 6.07. The molecule has 2 aliphatic rings. The van der Waals surface area contributed by atoms with E-state index >= 15 is 0 Å². The summed E-state index contributed by atoms with van der Waals surface area (Å²) >= 11 is 0. The molecule has 2 fully saturated rings. The van der Waals surface area contributed by atoms with Gasteiger partial charge in [0.15, 0.2) is 0 Å². The van der Waals surface area contributed by atoms with Gasteiger partial charge < -0.3 is 5.32 Å². The molecule has 0 aromatic rings. The zero-order valence-corrected chi connectivity index (χ0v) is 12.6. The summed E-state index contributed by atoms with van der Waals surface area (Å²) in [6.45, 7) is 1.59. The number of rotatable bonds is 3. The number of sulfone groups is 1. The van der Waals surface area contributed by atoms with Crippen molar-refractivity contribution in [1.82, 2.24) is 10.0 Å². The van der Waals surface area contributed by atoms with Crippen molar-refractivity contribution in [1.29, 1.82) is 0 Å². The van der Waals surface area contributed by atoms with Crippen molar-refractivity contribution in [2.75, 3.05) is 24.6 Å². The second-order valence-electron chi connectivity index (χ2n) is 5.41. The van der Waals surface area contributed by atoms with Gasteiger partial charge in [-0.1, -0.05) is 6.42 Å². The van der Waals surface area contributed by atoms with Gasteiger partial charge in [0, 0.05) is 12.6 Å². The topological polar surface area (TPSA) is 92.3 Å². The molecule has 2 N–H and O–H groups in total. The molecule has 112 valence electrons. The Bertz CT molecular complexity index is 479. The quantitative estimate of drug-likeness (QED) is 0.742. The Kier molecular flexibility index (Phi) is 4.86. The molecule has 2 aliphatic heterocycles. The van der Waals surface area contributed by atoms with Gasteiger partial charge in [0.2, 0.25) is 10.0 Å². The molecule has 0 aromatic heterocycles. The van der Waals surface area contributed by atoms with Gasteiger partial charge in [-0.25, -0.2) is 21.6 Å². The number of sulfonamides is 1. The van der Waals surface area contributed by atoms with Crippen LogP contribution in [0.15, 0.2) is 0 Å². The summed E-state index contributed by atoms with van der Waals surface area (Å²) in [5.41, 5.74) is 0. The Morgan fingerprint density at radius 3 is 2.42 bits per heavy atom. The summed E-state index contributed by atoms with van der Waals surface area (Å²) in [5, 5.41) is 2.66. The van der Waals surface area contributed by atoms with E-state index in [0.29, 0.717) is 6.54 Å². The Labute approximate surface area is 115 Å². The molecule has 6 nitrogen and oxygen atoms in total. The van der Waals surface area contributed by atoms with E-state index in [0.717, 1.165) is 25.8 Å². The highest BCUT2D eigenvalue weighted by molar-refractivity contribution is 7.92. The molecular formula is C11H22N2O4S2. The van der Waals surface area contributed by atoms with E-state index in [1.165, 1.54) is 0 Å². The highest BCUT2D eigenvalue weighted by Gasteiger charge is 2.34. The van der Waals surface area contributed by atoms with Gasteiger partial charge in [-0.2, -0.15) is 0 Å². The Balaban J connectivity index is 1.94. The first kappa shape index (κ1) is 15.2. The standard InChI is InChI=1S/C11H22N2O4S2/c14-18(15)7-4-11(5-8-18)19(16,17)13-10-3-1-2-6-12-9-10/h10-13H,1-9H2. The lowest BCUT2D eigenvalue weighted by Gasteiger charge is -2.25. The van der Waals surface area contributed by atoms with Gasteiger partial charge in [-0.15, -0.1) is 0 Å². The van der Waals surface area contributed by atoms with E-state index in [2.05, 4.69) is 10.0 Å². The van der Waals surface area contributed by atoms with Crippen LogP contribution in [0.1, 0.15) is 32.1 Å². The summed E-state index contributed by atoms with van der Waals surface area (Å²) in [6.07, 6.45) is 3.37. The van der Waals surface area contributed by atoms with Crippen molar-refractivity contribution < 1.29 is 16.8 Å². The molecule has 0 saturated carbocycles. The zero-order valence-electron chi connectivity index (χ0n) is 11.0. The first-order chi connectivity index (χ1) is 8.89. The number of hydrogen-bond donors (Lipinski definition) is 2. The average Bonchev–Trinajstić information content (AvgIpc) is 2.56. The van der Waals surface area contributed by atoms with Crippen molar-refractivity contribution in [3.63, 3.8) is 0 Å². The molecule has 2 heterocycles. The van der Waals surface area contributed by atoms with Gasteiger partial charge in [-0.05, 0) is 32.2 Å². The second-order valence-corrected chi connectivity index (χ2v) is 9.71. The highest BCUT2D eigenvalue weighted by Crippen LogP contribution is 2.19. The van der Waals surface area contributed by atoms with E-state index in [1.807, 2.05) is 0 Å². The molecule has 1 atom stereocenters. The van der Waals surface area contributed by atoms with Crippen molar-refractivity contribution >= 4 is 19.9 Å². The van der Waals surface area contributed by atoms with Crippen LogP contribution in [0.4, 0.5) is 0 Å². The maximum absolute atomic E-state index is 12.2. The Hall–Kier alpha value is -0.180. The van der Waals surface area contributed by atoms with Crippen molar-refractivity contribution in [2.45, 2.75) is 43.4 Å². The minimum Gasteiger partial charge on any atom is -0.315 e. The van der Waals surface area contributed by atoms with Crippen LogP contribution < -0.4 is 10.0 Å². The smallest absolute Gasteiger partial charge is 0.214 e. The average molecular weight is 310 g/mol. The third-order valence-corrected chi connectivity index (χ3v) is 7.54. The molecule has 0 aromatic carbocycles. The van der Waals surface area contributed by atoms with Gasteiger partial charge in [0.1, 0.15) is 9.84 Å². The number of nitrogens with one attached hydrogen (secondary N) is 2. The number of hydrogen-bond acceptors (Lipinski definition) is 5. The van der Waals surface area contributed by atoms with Crippen molar-refractivity contribution in [3.05, 3.63) is 0 Å². The largest absolute Gasteiger partial charge is 0.315 e. The van der Waals surface area contributed by atoms with E-state index in [-0.39, 0.29) is 30.4 Å². The summed E-state index contributed by atoms with van der Waals surface area (Å²) < 4.78 is 49.9. The summed E-state index contributed by atoms with van der Waals surface area (Å²) in [7, 11) is -6.42. The minimum absolute atomic E-state index is 0.0124. The van der Waals surface area contributed by atoms with Crippen LogP contribution in [-0.4, -0.2) is 52.7 Å². The van der Waals surface area contributed by atoms with Crippen LogP contribution in [-0.2, 0) is 19.9 Å². The van der Waals surface area contributed by atoms with Crippen LogP contribution in [0.25, 0.3) is 0 Å². The fourth-order valence-electron chi connectivity index (χ4n) is 2.63. The van der Waals surface area contributed by atoms with E-state index in [1.54, 1.807) is 0 Å². The Morgan fingerprint density at radius 2 is 1.74 bits per heavy atom. The molecule has 0 aliphatic carbocycles. The molecule has 0 amide bonds. The molecule has 2 saturated heterocycles. The van der Waals surface area contributed by atoms with Crippen LogP contribution in [0.5, 0.6) is 0 Å². The summed E-state index contributed by atoms with van der Waals surface area (Å²) in [6, 6.07) is -0.0639. The Morgan fingerprint density at radius 1 is 1.05 bits per heavy atom. The lowest BCUT2D eigenvalue weighted by atomic mass is 10.2. The normalized spacial score (nSPS) is 29.8. The van der Waals surface area contributed by atoms with E-state index in [4.69, 9.17) is 0 Å². The lowest BCUT2D eigenvalue weighted by Crippen LogP contribution is -2.46. The van der Waals surface area contributed by atoms with Gasteiger partial charge in [0.25, 0.3) is 0 Å². The van der Waals surface area contributed by atoms with Crippen LogP contribution in [0.3, 0.4) is 0 Å². The molecule has 2 rings (SSSR count). The predicted molar refractivity (Wildman–Crippen MR) is 74.2 cm³/mol. The summed E-state index contributed by atoms with van der Waals surface area (Å²) in [4.78, 5) is 0. The third-order valence-electron chi connectivity index (χ3n) is 3.82. The van der Waals surface area contributed by atoms with Crippen molar-refractivity contribution in [2.24, 2.45) is 0 Å². The molecular weight excluding hydrogens is 288 g/mol. The highest BCUT2D eigenvalue weighted by atomic mass is 32.2. The van der Waals surface area contributed by atoms with Crippen LogP contribution in [0, 0.1) is 0 Å². The van der Waals surface area contributed by atoms with E-state index in [9.17, 15) is 16.8 Å². The monoisotopic (exact) mass is 310 g/mol. The first-order valence-electron chi connectivity index (χ1n) is 6.81. The molecule has 0 bridgehead atoms. The summed E-state index contributed by atoms with van der Waals surface area (Å²) in [5.74, 6) is -0.0248. The SMILES string of the molecule is O=S1(=O)CCC(S(=O)(=O)NC2CCCCNC2)CC1. The van der Waals surface area contributed by atoms with Crippen LogP contribution in [0.2, 0.25) is 0 Å². The molecule has 8 heteroatoms. The fraction of sp³-hybridized carbons (Fsp3) is 1.00. The van der Waals surface area contributed by atoms with Gasteiger partial charge in [-0.3, -0.25) is 0 Å². The zero-order chi connectivity index (χ0) is 13.9. The van der Waals surface area contributed by atoms with Gasteiger partial charge >= 0.3 is 0 Å². The van der Waals surface area contributed by atoms with E-state index < -0.39 is 25.1 Å². The van der Waals surface area contributed by atoms with Crippen LogP contribution >= 0.6 is 0 Å². The first-order valence-corrected chi connectivity index (χ1v) is 10.2. The van der Waals surface area contributed by atoms with Crippen molar-refractivity contribution in [3.8, 4) is 0 Å². The maximum Gasteiger partial charge on any atom is 0.214 e. The fourth-order valence-corrected chi connectivity index (χ4v) is 6.13. The van der Waals surface area contributed by atoms with Gasteiger partial charge in [0.05, 0.1) is 16.8 Å². The molecule has 0 spiro atoms. The molecule has 19 heavy (non-hydrogen) atoms. The molecule has 0 radical (unpaired) electrons. The predicted octanol–water partition coefficient (Wildman–Crippen LogP) is -0.375. The third kappa shape index (κ3) is 4.40. The maximum atomic E-state index is 12.2. The molecule has 1 unspecified atom stereocenters. The minimum atomic E-state index is -3.40. The lowest BCUT2D eigenvalue weighted by molar-refractivity contribution is 0.503.